The van der Waals surface area contributed by atoms with Crippen molar-refractivity contribution in [1.29, 1.82) is 0 Å². The molecule has 1 aromatic heterocycles. The van der Waals surface area contributed by atoms with Gasteiger partial charge in [0.2, 0.25) is 5.76 Å². The summed E-state index contributed by atoms with van der Waals surface area (Å²) < 4.78 is 5.15. The van der Waals surface area contributed by atoms with Crippen molar-refractivity contribution in [1.82, 2.24) is 0 Å². The van der Waals surface area contributed by atoms with Crippen LogP contribution in [0.15, 0.2) is 15.3 Å². The third kappa shape index (κ3) is 2.59. The first-order chi connectivity index (χ1) is 9.73. The molecule has 8 heteroatoms. The molecular formula is C13H8Cl2O6. The molecule has 0 saturated heterocycles. The van der Waals surface area contributed by atoms with Crippen LogP contribution in [-0.4, -0.2) is 22.2 Å². The minimum absolute atomic E-state index is 0.0197. The van der Waals surface area contributed by atoms with Gasteiger partial charge in [0, 0.05) is 5.02 Å². The van der Waals surface area contributed by atoms with Crippen molar-refractivity contribution in [2.75, 3.05) is 0 Å². The number of aromatic carboxylic acids is 1. The van der Waals surface area contributed by atoms with E-state index in [9.17, 15) is 14.4 Å². The largest absolute Gasteiger partial charge is 0.481 e. The van der Waals surface area contributed by atoms with Gasteiger partial charge in [-0.05, 0) is 18.6 Å². The molecule has 0 aliphatic carbocycles. The smallest absolute Gasteiger partial charge is 0.372 e. The average Bonchev–Trinajstić information content (AvgIpc) is 2.37. The molecular weight excluding hydrogens is 323 g/mol. The van der Waals surface area contributed by atoms with Crippen LogP contribution in [0, 0.1) is 6.92 Å². The lowest BCUT2D eigenvalue weighted by atomic mass is 10.0. The van der Waals surface area contributed by atoms with Crippen molar-refractivity contribution in [2.45, 2.75) is 13.3 Å². The third-order valence-electron chi connectivity index (χ3n) is 2.93. The van der Waals surface area contributed by atoms with Crippen LogP contribution in [-0.2, 0) is 11.2 Å². The van der Waals surface area contributed by atoms with Gasteiger partial charge in [-0.2, -0.15) is 0 Å². The summed E-state index contributed by atoms with van der Waals surface area (Å²) in [6.45, 7) is 1.53. The summed E-state index contributed by atoms with van der Waals surface area (Å²) in [6, 6.07) is 1.33. The molecule has 0 aliphatic heterocycles. The highest BCUT2D eigenvalue weighted by Crippen LogP contribution is 2.31. The van der Waals surface area contributed by atoms with E-state index in [1.54, 1.807) is 0 Å². The van der Waals surface area contributed by atoms with Gasteiger partial charge in [0.1, 0.15) is 0 Å². The Morgan fingerprint density at radius 2 is 1.86 bits per heavy atom. The second-order valence-electron chi connectivity index (χ2n) is 4.28. The lowest BCUT2D eigenvalue weighted by molar-refractivity contribution is -0.136. The molecule has 0 spiro atoms. The first-order valence-corrected chi connectivity index (χ1v) is 6.39. The van der Waals surface area contributed by atoms with Crippen molar-refractivity contribution < 1.29 is 24.2 Å². The molecule has 1 heterocycles. The molecule has 0 unspecified atom stereocenters. The SMILES string of the molecule is Cc1c(Cl)cc(Cl)c2oc(C(=O)O)c(CC(=O)O)c(=O)c12. The van der Waals surface area contributed by atoms with Gasteiger partial charge in [-0.3, -0.25) is 9.59 Å². The summed E-state index contributed by atoms with van der Waals surface area (Å²) >= 11 is 11.8. The Labute approximate surface area is 127 Å². The molecule has 1 aromatic carbocycles. The highest BCUT2D eigenvalue weighted by molar-refractivity contribution is 6.38. The number of hydrogen-bond acceptors (Lipinski definition) is 4. The number of fused-ring (bicyclic) bond motifs is 1. The van der Waals surface area contributed by atoms with Gasteiger partial charge >= 0.3 is 11.9 Å². The highest BCUT2D eigenvalue weighted by Gasteiger charge is 2.24. The van der Waals surface area contributed by atoms with Gasteiger partial charge in [0.25, 0.3) is 0 Å². The van der Waals surface area contributed by atoms with Crippen LogP contribution in [0.25, 0.3) is 11.0 Å². The molecule has 0 amide bonds. The van der Waals surface area contributed by atoms with Gasteiger partial charge in [-0.25, -0.2) is 4.79 Å². The van der Waals surface area contributed by atoms with Crippen LogP contribution in [0.1, 0.15) is 21.7 Å². The Bertz CT molecular complexity index is 837. The summed E-state index contributed by atoms with van der Waals surface area (Å²) in [4.78, 5) is 34.4. The molecule has 0 bridgehead atoms. The van der Waals surface area contributed by atoms with Gasteiger partial charge < -0.3 is 14.6 Å². The fourth-order valence-corrected chi connectivity index (χ4v) is 2.47. The summed E-state index contributed by atoms with van der Waals surface area (Å²) in [5, 5.41) is 18.1. The Kier molecular flexibility index (Phi) is 3.93. The van der Waals surface area contributed by atoms with Crippen molar-refractivity contribution in [2.24, 2.45) is 0 Å². The molecule has 21 heavy (non-hydrogen) atoms. The van der Waals surface area contributed by atoms with E-state index in [0.717, 1.165) is 0 Å². The monoisotopic (exact) mass is 330 g/mol. The zero-order valence-corrected chi connectivity index (χ0v) is 12.1. The number of rotatable bonds is 3. The predicted molar refractivity (Wildman–Crippen MR) is 75.5 cm³/mol. The van der Waals surface area contributed by atoms with E-state index in [2.05, 4.69) is 0 Å². The summed E-state index contributed by atoms with van der Waals surface area (Å²) in [5.74, 6) is -3.64. The normalized spacial score (nSPS) is 10.8. The van der Waals surface area contributed by atoms with E-state index in [1.165, 1.54) is 13.0 Å². The number of aryl methyl sites for hydroxylation is 1. The van der Waals surface area contributed by atoms with E-state index in [1.807, 2.05) is 0 Å². The highest BCUT2D eigenvalue weighted by atomic mass is 35.5. The van der Waals surface area contributed by atoms with Crippen molar-refractivity contribution >= 4 is 46.1 Å². The standard InChI is InChI=1S/C13H8Cl2O6/c1-4-6(14)3-7(15)12-9(4)10(18)5(2-8(16)17)11(21-12)13(19)20/h3H,2H2,1H3,(H,16,17)(H,19,20). The quantitative estimate of drug-likeness (QED) is 0.896. The van der Waals surface area contributed by atoms with Crippen molar-refractivity contribution in [3.05, 3.63) is 43.2 Å². The first kappa shape index (κ1) is 15.3. The van der Waals surface area contributed by atoms with Gasteiger partial charge in [-0.1, -0.05) is 23.2 Å². The van der Waals surface area contributed by atoms with Gasteiger partial charge in [-0.15, -0.1) is 0 Å². The van der Waals surface area contributed by atoms with Crippen LogP contribution in [0.4, 0.5) is 0 Å². The molecule has 0 atom stereocenters. The predicted octanol–water partition coefficient (Wildman–Crippen LogP) is 2.73. The molecule has 0 aliphatic rings. The summed E-state index contributed by atoms with van der Waals surface area (Å²) in [5.41, 5.74) is -1.01. The molecule has 2 rings (SSSR count). The maximum atomic E-state index is 12.4. The second-order valence-corrected chi connectivity index (χ2v) is 5.10. The molecule has 6 nitrogen and oxygen atoms in total. The van der Waals surface area contributed by atoms with Gasteiger partial charge in [0.15, 0.2) is 11.0 Å². The molecule has 110 valence electrons. The Balaban J connectivity index is 3.02. The van der Waals surface area contributed by atoms with E-state index in [-0.39, 0.29) is 21.0 Å². The van der Waals surface area contributed by atoms with E-state index in [4.69, 9.17) is 37.8 Å². The van der Waals surface area contributed by atoms with Crippen LogP contribution in [0.3, 0.4) is 0 Å². The topological polar surface area (TPSA) is 105 Å². The van der Waals surface area contributed by atoms with Crippen LogP contribution in [0.5, 0.6) is 0 Å². The lowest BCUT2D eigenvalue weighted by Gasteiger charge is -2.09. The maximum Gasteiger partial charge on any atom is 0.372 e. The van der Waals surface area contributed by atoms with Gasteiger partial charge in [0.05, 0.1) is 22.4 Å². The lowest BCUT2D eigenvalue weighted by Crippen LogP contribution is -2.20. The fourth-order valence-electron chi connectivity index (χ4n) is 1.97. The summed E-state index contributed by atoms with van der Waals surface area (Å²) in [7, 11) is 0. The first-order valence-electron chi connectivity index (χ1n) is 5.63. The van der Waals surface area contributed by atoms with E-state index >= 15 is 0 Å². The zero-order chi connectivity index (χ0) is 15.9. The fraction of sp³-hybridized carbons (Fsp3) is 0.154. The minimum Gasteiger partial charge on any atom is -0.481 e. The van der Waals surface area contributed by atoms with Crippen LogP contribution >= 0.6 is 23.2 Å². The Hall–Kier alpha value is -2.05. The van der Waals surface area contributed by atoms with E-state index in [0.29, 0.717) is 5.56 Å². The number of carbonyl (C=O) groups is 2. The minimum atomic E-state index is -1.55. The molecule has 2 N–H and O–H groups in total. The molecule has 2 aromatic rings. The van der Waals surface area contributed by atoms with Crippen molar-refractivity contribution in [3.8, 4) is 0 Å². The molecule has 0 radical (unpaired) electrons. The molecule has 0 fully saturated rings. The van der Waals surface area contributed by atoms with Crippen LogP contribution < -0.4 is 5.43 Å². The second kappa shape index (κ2) is 5.38. The number of hydrogen-bond donors (Lipinski definition) is 2. The van der Waals surface area contributed by atoms with Crippen LogP contribution in [0.2, 0.25) is 10.0 Å². The Morgan fingerprint density at radius 3 is 2.38 bits per heavy atom. The Morgan fingerprint density at radius 1 is 1.24 bits per heavy atom. The molecule has 0 saturated carbocycles. The number of aliphatic carboxylic acids is 1. The summed E-state index contributed by atoms with van der Waals surface area (Å²) in [6.07, 6.45) is -0.774. The zero-order valence-electron chi connectivity index (χ0n) is 10.6. The van der Waals surface area contributed by atoms with E-state index < -0.39 is 35.1 Å². The number of halogens is 2. The average molecular weight is 331 g/mol. The maximum absolute atomic E-state index is 12.4. The number of benzene rings is 1. The number of carboxylic acid groups (broad SMARTS) is 2. The third-order valence-corrected chi connectivity index (χ3v) is 3.61. The number of carboxylic acids is 2. The van der Waals surface area contributed by atoms with Crippen molar-refractivity contribution in [3.63, 3.8) is 0 Å².